The fourth-order valence-corrected chi connectivity index (χ4v) is 3.54. The maximum atomic E-state index is 10.5. The predicted molar refractivity (Wildman–Crippen MR) is 118 cm³/mol. The van der Waals surface area contributed by atoms with Gasteiger partial charge >= 0.3 is 0 Å². The van der Waals surface area contributed by atoms with E-state index in [-0.39, 0.29) is 22.9 Å². The van der Waals surface area contributed by atoms with E-state index in [0.29, 0.717) is 18.1 Å². The standard InChI is InChI=1S/C20H25N7O6/c1-3-32-11-5-4-10(6-12(11)31-2)7-24-26-20-25-14-17(21)22-9-23-18(14)27(20)19-16(30)15(29)13(8-28)33-19/h4-7,9,13,15-16,19,28-30H,3,8H2,1-2H3,(H,25,26)(H2,21,22,23)/t13-,15+,16+,19+/m0/s1. The Kier molecular flexibility index (Phi) is 6.55. The summed E-state index contributed by atoms with van der Waals surface area (Å²) in [6.45, 7) is 1.92. The normalized spacial score (nSPS) is 22.8. The highest BCUT2D eigenvalue weighted by Gasteiger charge is 2.45. The second-order valence-corrected chi connectivity index (χ2v) is 7.18. The number of methoxy groups -OCH3 is 1. The number of benzene rings is 1. The molecule has 3 heterocycles. The van der Waals surface area contributed by atoms with E-state index in [0.717, 1.165) is 5.56 Å². The zero-order chi connectivity index (χ0) is 23.5. The van der Waals surface area contributed by atoms with Crippen molar-refractivity contribution in [2.75, 3.05) is 31.5 Å². The Hall–Kier alpha value is -3.52. The average Bonchev–Trinajstić information content (AvgIpc) is 3.32. The van der Waals surface area contributed by atoms with Crippen LogP contribution >= 0.6 is 0 Å². The number of aliphatic hydroxyl groups excluding tert-OH is 3. The smallest absolute Gasteiger partial charge is 0.228 e. The van der Waals surface area contributed by atoms with Crippen molar-refractivity contribution in [2.24, 2.45) is 5.10 Å². The molecule has 13 nitrogen and oxygen atoms in total. The van der Waals surface area contributed by atoms with E-state index in [4.69, 9.17) is 19.9 Å². The fraction of sp³-hybridized carbons (Fsp3) is 0.400. The first-order chi connectivity index (χ1) is 16.0. The van der Waals surface area contributed by atoms with Crippen LogP contribution in [0.1, 0.15) is 18.7 Å². The number of hydrogen-bond acceptors (Lipinski definition) is 12. The number of rotatable bonds is 8. The third-order valence-corrected chi connectivity index (χ3v) is 5.14. The van der Waals surface area contributed by atoms with Crippen LogP contribution in [0.5, 0.6) is 11.5 Å². The van der Waals surface area contributed by atoms with Crippen molar-refractivity contribution in [3.8, 4) is 11.5 Å². The Morgan fingerprint density at radius 2 is 2.09 bits per heavy atom. The second kappa shape index (κ2) is 9.54. The first-order valence-electron chi connectivity index (χ1n) is 10.2. The number of nitrogens with zero attached hydrogens (tertiary/aromatic N) is 5. The lowest BCUT2D eigenvalue weighted by Crippen LogP contribution is -2.33. The Bertz CT molecular complexity index is 1150. The van der Waals surface area contributed by atoms with E-state index in [1.54, 1.807) is 25.3 Å². The summed E-state index contributed by atoms with van der Waals surface area (Å²) in [5.74, 6) is 1.43. The van der Waals surface area contributed by atoms with Crippen LogP contribution in [0.3, 0.4) is 0 Å². The molecule has 176 valence electrons. The number of hydrazone groups is 1. The van der Waals surface area contributed by atoms with Gasteiger partial charge in [0, 0.05) is 0 Å². The average molecular weight is 459 g/mol. The number of fused-ring (bicyclic) bond motifs is 1. The highest BCUT2D eigenvalue weighted by Crippen LogP contribution is 2.35. The van der Waals surface area contributed by atoms with Crippen molar-refractivity contribution in [2.45, 2.75) is 31.5 Å². The number of aromatic nitrogens is 4. The van der Waals surface area contributed by atoms with Crippen LogP contribution < -0.4 is 20.6 Å². The molecule has 0 saturated carbocycles. The first-order valence-corrected chi connectivity index (χ1v) is 10.2. The molecule has 0 radical (unpaired) electrons. The molecule has 0 bridgehead atoms. The van der Waals surface area contributed by atoms with Gasteiger partial charge in [0.15, 0.2) is 34.7 Å². The van der Waals surface area contributed by atoms with E-state index in [9.17, 15) is 15.3 Å². The SMILES string of the molecule is CCOc1ccc(C=NNc2nc3c(N)ncnc3n2[C@@H]2O[C@@H](CO)[C@@H](O)[C@H]2O)cc1OC. The lowest BCUT2D eigenvalue weighted by atomic mass is 10.1. The van der Waals surface area contributed by atoms with Gasteiger partial charge in [-0.05, 0) is 30.7 Å². The number of nitrogens with two attached hydrogens (primary N) is 1. The van der Waals surface area contributed by atoms with Gasteiger partial charge in [0.05, 0.1) is 26.5 Å². The molecule has 0 amide bonds. The zero-order valence-corrected chi connectivity index (χ0v) is 18.0. The summed E-state index contributed by atoms with van der Waals surface area (Å²) >= 11 is 0. The van der Waals surface area contributed by atoms with Gasteiger partial charge in [-0.25, -0.2) is 20.4 Å². The number of aliphatic hydroxyl groups is 3. The summed E-state index contributed by atoms with van der Waals surface area (Å²) in [5.41, 5.74) is 9.96. The van der Waals surface area contributed by atoms with Gasteiger partial charge in [-0.2, -0.15) is 5.10 Å². The van der Waals surface area contributed by atoms with Crippen molar-refractivity contribution in [3.63, 3.8) is 0 Å². The molecular weight excluding hydrogens is 434 g/mol. The van der Waals surface area contributed by atoms with Crippen molar-refractivity contribution in [1.82, 2.24) is 19.5 Å². The van der Waals surface area contributed by atoms with Gasteiger partial charge in [0.25, 0.3) is 0 Å². The topological polar surface area (TPSA) is 182 Å². The summed E-state index contributed by atoms with van der Waals surface area (Å²) in [5, 5.41) is 34.3. The van der Waals surface area contributed by atoms with Crippen LogP contribution in [0.4, 0.5) is 11.8 Å². The lowest BCUT2D eigenvalue weighted by molar-refractivity contribution is -0.0501. The van der Waals surface area contributed by atoms with Crippen LogP contribution in [0.25, 0.3) is 11.2 Å². The molecule has 6 N–H and O–H groups in total. The minimum atomic E-state index is -1.35. The Labute approximate surface area is 188 Å². The number of ether oxygens (including phenoxy) is 3. The van der Waals surface area contributed by atoms with Crippen molar-refractivity contribution >= 4 is 29.1 Å². The molecule has 1 saturated heterocycles. The van der Waals surface area contributed by atoms with Gasteiger partial charge in [-0.1, -0.05) is 0 Å². The third kappa shape index (κ3) is 4.26. The van der Waals surface area contributed by atoms with E-state index < -0.39 is 31.1 Å². The highest BCUT2D eigenvalue weighted by atomic mass is 16.6. The van der Waals surface area contributed by atoms with Gasteiger partial charge < -0.3 is 35.3 Å². The van der Waals surface area contributed by atoms with Gasteiger partial charge in [-0.15, -0.1) is 0 Å². The van der Waals surface area contributed by atoms with E-state index in [2.05, 4.69) is 25.5 Å². The van der Waals surface area contributed by atoms with Crippen LogP contribution in [0.2, 0.25) is 0 Å². The minimum absolute atomic E-state index is 0.119. The van der Waals surface area contributed by atoms with Crippen LogP contribution in [0.15, 0.2) is 29.6 Å². The third-order valence-electron chi connectivity index (χ3n) is 5.14. The van der Waals surface area contributed by atoms with Crippen molar-refractivity contribution in [3.05, 3.63) is 30.1 Å². The molecule has 0 aliphatic carbocycles. The van der Waals surface area contributed by atoms with Crippen LogP contribution in [-0.2, 0) is 4.74 Å². The summed E-state index contributed by atoms with van der Waals surface area (Å²) in [7, 11) is 1.55. The van der Waals surface area contributed by atoms with Crippen molar-refractivity contribution in [1.29, 1.82) is 0 Å². The van der Waals surface area contributed by atoms with Crippen LogP contribution in [-0.4, -0.2) is 79.7 Å². The molecule has 1 aromatic carbocycles. The quantitative estimate of drug-likeness (QED) is 0.223. The molecular formula is C20H25N7O6. The van der Waals surface area contributed by atoms with Gasteiger partial charge in [0.2, 0.25) is 5.95 Å². The number of nitrogen functional groups attached to an aromatic ring is 1. The number of hydrogen-bond donors (Lipinski definition) is 5. The molecule has 33 heavy (non-hydrogen) atoms. The maximum absolute atomic E-state index is 10.5. The monoisotopic (exact) mass is 459 g/mol. The van der Waals surface area contributed by atoms with Crippen LogP contribution in [0, 0.1) is 0 Å². The van der Waals surface area contributed by atoms with E-state index >= 15 is 0 Å². The molecule has 1 aliphatic rings. The lowest BCUT2D eigenvalue weighted by Gasteiger charge is -2.18. The number of nitrogens with one attached hydrogen (secondary N) is 1. The molecule has 4 atom stereocenters. The molecule has 1 aliphatic heterocycles. The number of imidazole rings is 1. The number of anilines is 2. The Balaban J connectivity index is 1.66. The highest BCUT2D eigenvalue weighted by molar-refractivity contribution is 5.85. The van der Waals surface area contributed by atoms with Crippen molar-refractivity contribution < 1.29 is 29.5 Å². The summed E-state index contributed by atoms with van der Waals surface area (Å²) in [4.78, 5) is 12.5. The maximum Gasteiger partial charge on any atom is 0.228 e. The Morgan fingerprint density at radius 3 is 2.79 bits per heavy atom. The van der Waals surface area contributed by atoms with E-state index in [1.807, 2.05) is 6.92 Å². The molecule has 2 aromatic heterocycles. The summed E-state index contributed by atoms with van der Waals surface area (Å²) in [6.07, 6.45) is -1.95. The largest absolute Gasteiger partial charge is 0.493 e. The zero-order valence-electron chi connectivity index (χ0n) is 18.0. The second-order valence-electron chi connectivity index (χ2n) is 7.18. The minimum Gasteiger partial charge on any atom is -0.493 e. The molecule has 4 rings (SSSR count). The predicted octanol–water partition coefficient (Wildman–Crippen LogP) is -0.127. The van der Waals surface area contributed by atoms with E-state index in [1.165, 1.54) is 17.1 Å². The summed E-state index contributed by atoms with van der Waals surface area (Å²) in [6, 6.07) is 5.33. The molecule has 1 fully saturated rings. The molecule has 0 unspecified atom stereocenters. The fourth-order valence-electron chi connectivity index (χ4n) is 3.54. The molecule has 13 heteroatoms. The molecule has 3 aromatic rings. The first kappa shape index (κ1) is 22.7. The summed E-state index contributed by atoms with van der Waals surface area (Å²) < 4.78 is 17.9. The Morgan fingerprint density at radius 1 is 1.27 bits per heavy atom. The molecule has 0 spiro atoms. The van der Waals surface area contributed by atoms with Gasteiger partial charge in [-0.3, -0.25) is 4.57 Å². The van der Waals surface area contributed by atoms with Gasteiger partial charge in [0.1, 0.15) is 24.6 Å².